The lowest BCUT2D eigenvalue weighted by Gasteiger charge is -2.16. The molecule has 1 N–H and O–H groups in total. The molecule has 1 atom stereocenters. The number of aromatic amines is 1. The Morgan fingerprint density at radius 3 is 3.04 bits per heavy atom. The molecule has 4 nitrogen and oxygen atoms in total. The van der Waals surface area contributed by atoms with Crippen molar-refractivity contribution in [2.45, 2.75) is 19.8 Å². The summed E-state index contributed by atoms with van der Waals surface area (Å²) >= 11 is 0. The van der Waals surface area contributed by atoms with Gasteiger partial charge in [0.25, 0.3) is 5.91 Å². The summed E-state index contributed by atoms with van der Waals surface area (Å²) in [5.41, 5.74) is 2.98. The minimum Gasteiger partial charge on any atom is -0.337 e. The molecular formula is C20H20FN3O. The van der Waals surface area contributed by atoms with Crippen molar-refractivity contribution < 1.29 is 9.18 Å². The Morgan fingerprint density at radius 2 is 2.24 bits per heavy atom. The van der Waals surface area contributed by atoms with Crippen LogP contribution < -0.4 is 0 Å². The van der Waals surface area contributed by atoms with Gasteiger partial charge in [0.05, 0.1) is 0 Å². The SMILES string of the molecule is Cc1ccc(CC2CCN(C(=O)c3cc4cccnc4[nH]3)C2)cc1F. The number of amides is 1. The fourth-order valence-corrected chi connectivity index (χ4v) is 3.52. The molecule has 1 unspecified atom stereocenters. The monoisotopic (exact) mass is 337 g/mol. The Morgan fingerprint density at radius 1 is 1.36 bits per heavy atom. The Labute approximate surface area is 145 Å². The zero-order valence-electron chi connectivity index (χ0n) is 14.1. The summed E-state index contributed by atoms with van der Waals surface area (Å²) in [5.74, 6) is 0.221. The normalized spacial score (nSPS) is 17.4. The smallest absolute Gasteiger partial charge is 0.270 e. The maximum absolute atomic E-state index is 13.7. The van der Waals surface area contributed by atoms with Crippen LogP contribution in [0.15, 0.2) is 42.6 Å². The number of carbonyl (C=O) groups is 1. The van der Waals surface area contributed by atoms with Crippen LogP contribution in [-0.4, -0.2) is 33.9 Å². The van der Waals surface area contributed by atoms with Crippen LogP contribution in [0, 0.1) is 18.7 Å². The first kappa shape index (κ1) is 15.8. The molecule has 0 aliphatic carbocycles. The zero-order valence-corrected chi connectivity index (χ0v) is 14.1. The number of hydrogen-bond donors (Lipinski definition) is 1. The third-order valence-corrected chi connectivity index (χ3v) is 4.96. The third kappa shape index (κ3) is 3.14. The second-order valence-corrected chi connectivity index (χ2v) is 6.82. The van der Waals surface area contributed by atoms with Crippen molar-refractivity contribution in [3.05, 3.63) is 65.2 Å². The topological polar surface area (TPSA) is 49.0 Å². The molecule has 0 bridgehead atoms. The molecule has 3 heterocycles. The summed E-state index contributed by atoms with van der Waals surface area (Å²) < 4.78 is 13.7. The predicted octanol–water partition coefficient (Wildman–Crippen LogP) is 3.72. The molecule has 25 heavy (non-hydrogen) atoms. The number of likely N-dealkylation sites (tertiary alicyclic amines) is 1. The molecule has 1 aliphatic rings. The number of nitrogens with zero attached hydrogens (tertiary/aromatic N) is 2. The number of nitrogens with one attached hydrogen (secondary N) is 1. The van der Waals surface area contributed by atoms with Crippen LogP contribution in [0.4, 0.5) is 4.39 Å². The van der Waals surface area contributed by atoms with E-state index in [0.29, 0.717) is 23.7 Å². The van der Waals surface area contributed by atoms with Gasteiger partial charge < -0.3 is 9.88 Å². The number of aromatic nitrogens is 2. The van der Waals surface area contributed by atoms with Gasteiger partial charge in [-0.15, -0.1) is 0 Å². The molecule has 1 fully saturated rings. The van der Waals surface area contributed by atoms with Gasteiger partial charge in [0.2, 0.25) is 0 Å². The number of carbonyl (C=O) groups excluding carboxylic acids is 1. The van der Waals surface area contributed by atoms with Crippen LogP contribution in [0.3, 0.4) is 0 Å². The highest BCUT2D eigenvalue weighted by atomic mass is 19.1. The molecule has 3 aromatic rings. The van der Waals surface area contributed by atoms with Gasteiger partial charge in [-0.2, -0.15) is 0 Å². The number of aryl methyl sites for hydroxylation is 1. The predicted molar refractivity (Wildman–Crippen MR) is 94.9 cm³/mol. The van der Waals surface area contributed by atoms with Gasteiger partial charge in [-0.3, -0.25) is 4.79 Å². The molecule has 0 saturated carbocycles. The number of halogens is 1. The highest BCUT2D eigenvalue weighted by Crippen LogP contribution is 2.24. The Hall–Kier alpha value is -2.69. The summed E-state index contributed by atoms with van der Waals surface area (Å²) in [4.78, 5) is 21.9. The van der Waals surface area contributed by atoms with Gasteiger partial charge in [-0.25, -0.2) is 9.37 Å². The summed E-state index contributed by atoms with van der Waals surface area (Å²) in [6.45, 7) is 3.21. The summed E-state index contributed by atoms with van der Waals surface area (Å²) in [6, 6.07) is 11.1. The van der Waals surface area contributed by atoms with Gasteiger partial charge in [0.15, 0.2) is 0 Å². The lowest BCUT2D eigenvalue weighted by Crippen LogP contribution is -2.29. The van der Waals surface area contributed by atoms with E-state index in [0.717, 1.165) is 36.0 Å². The maximum Gasteiger partial charge on any atom is 0.270 e. The van der Waals surface area contributed by atoms with Crippen LogP contribution in [0.25, 0.3) is 11.0 Å². The van der Waals surface area contributed by atoms with E-state index in [1.54, 1.807) is 19.2 Å². The zero-order chi connectivity index (χ0) is 17.4. The third-order valence-electron chi connectivity index (χ3n) is 4.96. The van der Waals surface area contributed by atoms with E-state index in [-0.39, 0.29) is 11.7 Å². The molecule has 1 saturated heterocycles. The number of hydrogen-bond acceptors (Lipinski definition) is 2. The van der Waals surface area contributed by atoms with Crippen molar-refractivity contribution in [3.8, 4) is 0 Å². The van der Waals surface area contributed by atoms with E-state index in [4.69, 9.17) is 0 Å². The number of benzene rings is 1. The van der Waals surface area contributed by atoms with E-state index in [1.807, 2.05) is 35.2 Å². The largest absolute Gasteiger partial charge is 0.337 e. The first-order valence-electron chi connectivity index (χ1n) is 8.58. The summed E-state index contributed by atoms with van der Waals surface area (Å²) in [6.07, 6.45) is 3.45. The van der Waals surface area contributed by atoms with Gasteiger partial charge in [-0.05, 0) is 61.1 Å². The second kappa shape index (κ2) is 6.31. The molecule has 4 rings (SSSR count). The maximum atomic E-state index is 13.7. The van der Waals surface area contributed by atoms with E-state index in [9.17, 15) is 9.18 Å². The number of H-pyrrole nitrogens is 1. The molecule has 0 spiro atoms. The number of rotatable bonds is 3. The lowest BCUT2D eigenvalue weighted by molar-refractivity contribution is 0.0782. The van der Waals surface area contributed by atoms with E-state index in [1.165, 1.54) is 0 Å². The van der Waals surface area contributed by atoms with E-state index < -0.39 is 0 Å². The van der Waals surface area contributed by atoms with Crippen molar-refractivity contribution in [1.82, 2.24) is 14.9 Å². The molecule has 1 aromatic carbocycles. The van der Waals surface area contributed by atoms with Crippen LogP contribution in [0.5, 0.6) is 0 Å². The minimum absolute atomic E-state index is 0.00980. The van der Waals surface area contributed by atoms with Gasteiger partial charge in [0.1, 0.15) is 17.2 Å². The van der Waals surface area contributed by atoms with Gasteiger partial charge in [-0.1, -0.05) is 12.1 Å². The number of pyridine rings is 1. The molecule has 2 aromatic heterocycles. The Kier molecular flexibility index (Phi) is 3.99. The standard InChI is InChI=1S/C20H20FN3O/c1-13-4-5-14(10-17(13)21)9-15-6-8-24(12-15)20(25)18-11-16-3-2-7-22-19(16)23-18/h2-5,7,10-11,15H,6,8-9,12H2,1H3,(H,22,23). The first-order chi connectivity index (χ1) is 12.1. The van der Waals surface area contributed by atoms with E-state index >= 15 is 0 Å². The lowest BCUT2D eigenvalue weighted by atomic mass is 9.98. The average molecular weight is 337 g/mol. The van der Waals surface area contributed by atoms with Crippen molar-refractivity contribution in [2.75, 3.05) is 13.1 Å². The minimum atomic E-state index is -0.158. The van der Waals surface area contributed by atoms with Gasteiger partial charge >= 0.3 is 0 Å². The Bertz CT molecular complexity index is 901. The average Bonchev–Trinajstić information content (AvgIpc) is 3.24. The highest BCUT2D eigenvalue weighted by molar-refractivity contribution is 5.97. The molecule has 128 valence electrons. The quantitative estimate of drug-likeness (QED) is 0.792. The van der Waals surface area contributed by atoms with Crippen LogP contribution in [0.2, 0.25) is 0 Å². The molecule has 5 heteroatoms. The summed E-state index contributed by atoms with van der Waals surface area (Å²) in [7, 11) is 0. The van der Waals surface area contributed by atoms with Crippen molar-refractivity contribution in [2.24, 2.45) is 5.92 Å². The molecular weight excluding hydrogens is 317 g/mol. The van der Waals surface area contributed by atoms with Crippen molar-refractivity contribution >= 4 is 16.9 Å². The van der Waals surface area contributed by atoms with Crippen LogP contribution >= 0.6 is 0 Å². The first-order valence-corrected chi connectivity index (χ1v) is 8.58. The fourth-order valence-electron chi connectivity index (χ4n) is 3.52. The van der Waals surface area contributed by atoms with Crippen LogP contribution in [-0.2, 0) is 6.42 Å². The fraction of sp³-hybridized carbons (Fsp3) is 0.300. The molecule has 1 amide bonds. The Balaban J connectivity index is 1.44. The number of fused-ring (bicyclic) bond motifs is 1. The second-order valence-electron chi connectivity index (χ2n) is 6.82. The molecule has 0 radical (unpaired) electrons. The van der Waals surface area contributed by atoms with Crippen molar-refractivity contribution in [3.63, 3.8) is 0 Å². The summed E-state index contributed by atoms with van der Waals surface area (Å²) in [5, 5.41) is 0.941. The van der Waals surface area contributed by atoms with Gasteiger partial charge in [0, 0.05) is 24.7 Å². The van der Waals surface area contributed by atoms with E-state index in [2.05, 4.69) is 9.97 Å². The highest BCUT2D eigenvalue weighted by Gasteiger charge is 2.28. The van der Waals surface area contributed by atoms with Crippen molar-refractivity contribution in [1.29, 1.82) is 0 Å². The van der Waals surface area contributed by atoms with Crippen LogP contribution in [0.1, 0.15) is 28.0 Å². The molecule has 1 aliphatic heterocycles.